The lowest BCUT2D eigenvalue weighted by Gasteiger charge is -2.05. The maximum atomic E-state index is 13.5. The van der Waals surface area contributed by atoms with E-state index in [4.69, 9.17) is 0 Å². The molecule has 0 aromatic heterocycles. The van der Waals surface area contributed by atoms with Gasteiger partial charge in [0.15, 0.2) is 0 Å². The number of hydrogen-bond donors (Lipinski definition) is 0. The molecule has 0 heterocycles. The Kier molecular flexibility index (Phi) is 2.77. The molecule has 0 aliphatic rings. The highest BCUT2D eigenvalue weighted by atomic mass is 19.1. The summed E-state index contributed by atoms with van der Waals surface area (Å²) in [6, 6.07) is 9.72. The monoisotopic (exact) mass is 218 g/mol. The van der Waals surface area contributed by atoms with Crippen LogP contribution in [0.3, 0.4) is 0 Å². The minimum Gasteiger partial charge on any atom is -0.298 e. The predicted molar refractivity (Wildman–Crippen MR) is 57.2 cm³/mol. The zero-order valence-electron chi connectivity index (χ0n) is 8.28. The highest BCUT2D eigenvalue weighted by Crippen LogP contribution is 2.25. The van der Waals surface area contributed by atoms with Crippen LogP contribution in [-0.2, 0) is 0 Å². The quantitative estimate of drug-likeness (QED) is 0.705. The van der Waals surface area contributed by atoms with E-state index in [1.165, 1.54) is 30.3 Å². The van der Waals surface area contributed by atoms with Crippen molar-refractivity contribution in [2.45, 2.75) is 0 Å². The first-order valence-corrected chi connectivity index (χ1v) is 4.72. The summed E-state index contributed by atoms with van der Waals surface area (Å²) in [7, 11) is 0. The van der Waals surface area contributed by atoms with E-state index in [0.717, 1.165) is 6.07 Å². The van der Waals surface area contributed by atoms with E-state index in [1.54, 1.807) is 6.07 Å². The maximum Gasteiger partial charge on any atom is 0.150 e. The highest BCUT2D eigenvalue weighted by Gasteiger charge is 2.09. The van der Waals surface area contributed by atoms with Crippen molar-refractivity contribution in [1.82, 2.24) is 0 Å². The molecule has 16 heavy (non-hydrogen) atoms. The van der Waals surface area contributed by atoms with Gasteiger partial charge < -0.3 is 0 Å². The van der Waals surface area contributed by atoms with Crippen LogP contribution in [0, 0.1) is 11.6 Å². The fraction of sp³-hybridized carbons (Fsp3) is 0. The number of benzene rings is 2. The van der Waals surface area contributed by atoms with Crippen LogP contribution >= 0.6 is 0 Å². The van der Waals surface area contributed by atoms with Crippen LogP contribution in [0.15, 0.2) is 42.5 Å². The van der Waals surface area contributed by atoms with Gasteiger partial charge in [0.05, 0.1) is 0 Å². The zero-order valence-corrected chi connectivity index (χ0v) is 8.28. The molecule has 0 fully saturated rings. The molecule has 0 saturated heterocycles. The predicted octanol–water partition coefficient (Wildman–Crippen LogP) is 3.44. The van der Waals surface area contributed by atoms with Crippen LogP contribution in [-0.4, -0.2) is 6.29 Å². The Morgan fingerprint density at radius 2 is 1.56 bits per heavy atom. The van der Waals surface area contributed by atoms with Gasteiger partial charge in [0.25, 0.3) is 0 Å². The van der Waals surface area contributed by atoms with Crippen molar-refractivity contribution in [3.05, 3.63) is 59.7 Å². The highest BCUT2D eigenvalue weighted by molar-refractivity contribution is 5.79. The third-order valence-electron chi connectivity index (χ3n) is 2.29. The van der Waals surface area contributed by atoms with E-state index in [-0.39, 0.29) is 11.1 Å². The fourth-order valence-electron chi connectivity index (χ4n) is 1.50. The first-order valence-electron chi connectivity index (χ1n) is 4.72. The molecule has 0 aliphatic heterocycles. The van der Waals surface area contributed by atoms with E-state index in [2.05, 4.69) is 0 Å². The van der Waals surface area contributed by atoms with Gasteiger partial charge >= 0.3 is 0 Å². The fourth-order valence-corrected chi connectivity index (χ4v) is 1.50. The summed E-state index contributed by atoms with van der Waals surface area (Å²) in [6.07, 6.45) is 0.601. The SMILES string of the molecule is O=Cc1ccc(F)c(-c2ccccc2F)c1. The minimum atomic E-state index is -0.546. The van der Waals surface area contributed by atoms with E-state index in [0.29, 0.717) is 11.8 Å². The molecule has 0 bridgehead atoms. The largest absolute Gasteiger partial charge is 0.298 e. The summed E-state index contributed by atoms with van der Waals surface area (Å²) >= 11 is 0. The Balaban J connectivity index is 2.63. The molecular weight excluding hydrogens is 210 g/mol. The first kappa shape index (κ1) is 10.5. The Hall–Kier alpha value is -2.03. The van der Waals surface area contributed by atoms with Crippen LogP contribution in [0.25, 0.3) is 11.1 Å². The number of halogens is 2. The van der Waals surface area contributed by atoms with Gasteiger partial charge in [-0.3, -0.25) is 4.79 Å². The maximum absolute atomic E-state index is 13.5. The van der Waals surface area contributed by atoms with Crippen molar-refractivity contribution in [2.24, 2.45) is 0 Å². The number of aldehydes is 1. The van der Waals surface area contributed by atoms with Gasteiger partial charge in [-0.05, 0) is 24.3 Å². The zero-order chi connectivity index (χ0) is 11.5. The minimum absolute atomic E-state index is 0.0997. The van der Waals surface area contributed by atoms with Gasteiger partial charge in [0.2, 0.25) is 0 Å². The van der Waals surface area contributed by atoms with Gasteiger partial charge in [-0.15, -0.1) is 0 Å². The van der Waals surface area contributed by atoms with E-state index in [1.807, 2.05) is 0 Å². The number of carbonyl (C=O) groups is 1. The summed E-state index contributed by atoms with van der Waals surface area (Å²) < 4.78 is 26.9. The molecule has 0 amide bonds. The smallest absolute Gasteiger partial charge is 0.150 e. The second kappa shape index (κ2) is 4.23. The van der Waals surface area contributed by atoms with Crippen LogP contribution in [0.1, 0.15) is 10.4 Å². The van der Waals surface area contributed by atoms with Crippen LogP contribution in [0.2, 0.25) is 0 Å². The molecule has 0 aliphatic carbocycles. The number of rotatable bonds is 2. The third kappa shape index (κ3) is 1.84. The average molecular weight is 218 g/mol. The van der Waals surface area contributed by atoms with E-state index in [9.17, 15) is 13.6 Å². The molecule has 2 aromatic carbocycles. The van der Waals surface area contributed by atoms with Crippen molar-refractivity contribution in [3.63, 3.8) is 0 Å². The Bertz CT molecular complexity index is 535. The standard InChI is InChI=1S/C13H8F2O/c14-12-4-2-1-3-10(12)11-7-9(8-16)5-6-13(11)15/h1-8H. The van der Waals surface area contributed by atoms with Gasteiger partial charge in [-0.2, -0.15) is 0 Å². The van der Waals surface area contributed by atoms with Crippen molar-refractivity contribution < 1.29 is 13.6 Å². The van der Waals surface area contributed by atoms with Crippen molar-refractivity contribution >= 4 is 6.29 Å². The van der Waals surface area contributed by atoms with Gasteiger partial charge in [-0.1, -0.05) is 18.2 Å². The summed E-state index contributed by atoms with van der Waals surface area (Å²) in [4.78, 5) is 10.6. The number of hydrogen-bond acceptors (Lipinski definition) is 1. The van der Waals surface area contributed by atoms with Crippen LogP contribution in [0.4, 0.5) is 8.78 Å². The summed E-state index contributed by atoms with van der Waals surface area (Å²) in [5.74, 6) is -1.06. The molecule has 2 rings (SSSR count). The second-order valence-corrected chi connectivity index (χ2v) is 3.34. The van der Waals surface area contributed by atoms with Crippen molar-refractivity contribution in [2.75, 3.05) is 0 Å². The third-order valence-corrected chi connectivity index (χ3v) is 2.29. The molecule has 80 valence electrons. The summed E-state index contributed by atoms with van der Waals surface area (Å²) in [6.45, 7) is 0. The molecule has 0 saturated carbocycles. The molecular formula is C13H8F2O. The molecule has 3 heteroatoms. The molecule has 0 atom stereocenters. The van der Waals surface area contributed by atoms with Crippen LogP contribution in [0.5, 0.6) is 0 Å². The van der Waals surface area contributed by atoms with E-state index < -0.39 is 11.6 Å². The van der Waals surface area contributed by atoms with Gasteiger partial charge in [0, 0.05) is 16.7 Å². The lowest BCUT2D eigenvalue weighted by atomic mass is 10.0. The second-order valence-electron chi connectivity index (χ2n) is 3.34. The van der Waals surface area contributed by atoms with Gasteiger partial charge in [0.1, 0.15) is 17.9 Å². The Morgan fingerprint density at radius 3 is 2.25 bits per heavy atom. The summed E-state index contributed by atoms with van der Waals surface area (Å²) in [5.41, 5.74) is 0.575. The molecule has 0 unspecified atom stereocenters. The van der Waals surface area contributed by atoms with Crippen LogP contribution < -0.4 is 0 Å². The van der Waals surface area contributed by atoms with E-state index >= 15 is 0 Å². The molecule has 0 spiro atoms. The Morgan fingerprint density at radius 1 is 0.875 bits per heavy atom. The molecule has 2 aromatic rings. The lowest BCUT2D eigenvalue weighted by Crippen LogP contribution is -1.90. The topological polar surface area (TPSA) is 17.1 Å². The van der Waals surface area contributed by atoms with Crippen molar-refractivity contribution in [3.8, 4) is 11.1 Å². The average Bonchev–Trinajstić information content (AvgIpc) is 2.31. The van der Waals surface area contributed by atoms with Gasteiger partial charge in [-0.25, -0.2) is 8.78 Å². The van der Waals surface area contributed by atoms with Crippen molar-refractivity contribution in [1.29, 1.82) is 0 Å². The normalized spacial score (nSPS) is 10.1. The first-order chi connectivity index (χ1) is 7.72. The number of carbonyl (C=O) groups excluding carboxylic acids is 1. The molecule has 0 N–H and O–H groups in total. The molecule has 0 radical (unpaired) electrons. The molecule has 1 nitrogen and oxygen atoms in total. The summed E-state index contributed by atoms with van der Waals surface area (Å²) in [5, 5.41) is 0. The lowest BCUT2D eigenvalue weighted by molar-refractivity contribution is 0.112. The Labute approximate surface area is 91.3 Å².